The normalized spacial score (nSPS) is 20.3. The van der Waals surface area contributed by atoms with Crippen LogP contribution in [-0.4, -0.2) is 25.2 Å². The molecular formula is C22H21BrFNO4. The summed E-state index contributed by atoms with van der Waals surface area (Å²) in [6, 6.07) is 13.6. The first-order valence-electron chi connectivity index (χ1n) is 9.11. The largest absolute Gasteiger partial charge is 0.468 e. The molecule has 0 unspecified atom stereocenters. The first-order chi connectivity index (χ1) is 13.9. The molecule has 0 fully saturated rings. The van der Waals surface area contributed by atoms with Gasteiger partial charge in [0.15, 0.2) is 0 Å². The molecule has 29 heavy (non-hydrogen) atoms. The van der Waals surface area contributed by atoms with Gasteiger partial charge in [-0.3, -0.25) is 4.79 Å². The summed E-state index contributed by atoms with van der Waals surface area (Å²) in [5, 5.41) is 2.76. The quantitative estimate of drug-likeness (QED) is 0.506. The lowest BCUT2D eigenvalue weighted by molar-refractivity contribution is -0.150. The third-order valence-corrected chi connectivity index (χ3v) is 5.45. The van der Waals surface area contributed by atoms with Crippen molar-refractivity contribution in [2.24, 2.45) is 5.41 Å². The van der Waals surface area contributed by atoms with Gasteiger partial charge in [-0.15, -0.1) is 0 Å². The molecular weight excluding hydrogens is 441 g/mol. The maximum Gasteiger partial charge on any atom is 0.407 e. The summed E-state index contributed by atoms with van der Waals surface area (Å²) in [5.41, 5.74) is 0.722. The number of methoxy groups -OCH3 is 1. The standard InChI is InChI=1S/C22H21BrFNO4/c1-28-20(26)22(12-16-7-8-19(24)18(23)11-16)10-9-17(13-22)25-21(27)29-14-15-5-3-2-4-6-15/h2-11,17H,12-14H2,1H3,(H,25,27)/t17-,22+/m0/s1. The molecule has 2 atom stereocenters. The van der Waals surface area contributed by atoms with E-state index in [-0.39, 0.29) is 18.5 Å². The summed E-state index contributed by atoms with van der Waals surface area (Å²) < 4.78 is 24.1. The number of carbonyl (C=O) groups is 2. The molecule has 2 aromatic carbocycles. The third kappa shape index (κ3) is 5.23. The molecule has 1 amide bonds. The number of carbonyl (C=O) groups excluding carboxylic acids is 2. The minimum absolute atomic E-state index is 0.162. The Morgan fingerprint density at radius 3 is 2.66 bits per heavy atom. The van der Waals surface area contributed by atoms with Crippen LogP contribution in [0.5, 0.6) is 0 Å². The van der Waals surface area contributed by atoms with Crippen LogP contribution >= 0.6 is 15.9 Å². The summed E-state index contributed by atoms with van der Waals surface area (Å²) in [6.07, 6.45) is 3.60. The first-order valence-corrected chi connectivity index (χ1v) is 9.90. The van der Waals surface area contributed by atoms with Crippen LogP contribution in [0.2, 0.25) is 0 Å². The predicted molar refractivity (Wildman–Crippen MR) is 110 cm³/mol. The second-order valence-corrected chi connectivity index (χ2v) is 7.80. The molecule has 0 aliphatic heterocycles. The van der Waals surface area contributed by atoms with Gasteiger partial charge in [0.05, 0.1) is 23.0 Å². The summed E-state index contributed by atoms with van der Waals surface area (Å²) in [4.78, 5) is 24.7. The number of esters is 1. The predicted octanol–water partition coefficient (Wildman–Crippen LogP) is 4.55. The maximum atomic E-state index is 13.5. The fourth-order valence-electron chi connectivity index (χ4n) is 3.42. The molecule has 1 aliphatic rings. The lowest BCUT2D eigenvalue weighted by atomic mass is 9.80. The van der Waals surface area contributed by atoms with Crippen LogP contribution in [-0.2, 0) is 27.3 Å². The molecule has 0 aromatic heterocycles. The van der Waals surface area contributed by atoms with Crippen molar-refractivity contribution >= 4 is 28.0 Å². The second kappa shape index (κ2) is 9.22. The molecule has 3 rings (SSSR count). The fourth-order valence-corrected chi connectivity index (χ4v) is 3.84. The van der Waals surface area contributed by atoms with Crippen LogP contribution in [0.25, 0.3) is 0 Å². The average molecular weight is 462 g/mol. The zero-order valence-electron chi connectivity index (χ0n) is 15.9. The van der Waals surface area contributed by atoms with Crippen molar-refractivity contribution in [2.75, 3.05) is 7.11 Å². The van der Waals surface area contributed by atoms with Gasteiger partial charge in [-0.2, -0.15) is 0 Å². The van der Waals surface area contributed by atoms with Gasteiger partial charge in [-0.05, 0) is 52.0 Å². The molecule has 1 aliphatic carbocycles. The van der Waals surface area contributed by atoms with Crippen molar-refractivity contribution in [3.8, 4) is 0 Å². The molecule has 5 nitrogen and oxygen atoms in total. The van der Waals surface area contributed by atoms with Crippen LogP contribution in [0.1, 0.15) is 17.5 Å². The highest BCUT2D eigenvalue weighted by atomic mass is 79.9. The SMILES string of the molecule is COC(=O)[C@@]1(Cc2ccc(F)c(Br)c2)C=C[C@H](NC(=O)OCc2ccccc2)C1. The van der Waals surface area contributed by atoms with E-state index < -0.39 is 17.5 Å². The number of hydrogen-bond acceptors (Lipinski definition) is 4. The van der Waals surface area contributed by atoms with E-state index >= 15 is 0 Å². The second-order valence-electron chi connectivity index (χ2n) is 6.95. The number of alkyl carbamates (subject to hydrolysis) is 1. The number of rotatable bonds is 6. The Kier molecular flexibility index (Phi) is 6.69. The van der Waals surface area contributed by atoms with Crippen LogP contribution in [0, 0.1) is 11.2 Å². The van der Waals surface area contributed by atoms with Crippen molar-refractivity contribution in [3.63, 3.8) is 0 Å². The smallest absolute Gasteiger partial charge is 0.407 e. The maximum absolute atomic E-state index is 13.5. The number of halogens is 2. The van der Waals surface area contributed by atoms with Gasteiger partial charge < -0.3 is 14.8 Å². The van der Waals surface area contributed by atoms with Crippen molar-refractivity contribution in [1.82, 2.24) is 5.32 Å². The van der Waals surface area contributed by atoms with Gasteiger partial charge in [0.2, 0.25) is 0 Å². The highest BCUT2D eigenvalue weighted by molar-refractivity contribution is 9.10. The molecule has 0 saturated carbocycles. The Hall–Kier alpha value is -2.67. The molecule has 152 valence electrons. The van der Waals surface area contributed by atoms with Crippen LogP contribution in [0.4, 0.5) is 9.18 Å². The minimum atomic E-state index is -0.941. The van der Waals surface area contributed by atoms with Gasteiger partial charge in [0.1, 0.15) is 12.4 Å². The highest BCUT2D eigenvalue weighted by Gasteiger charge is 2.43. The van der Waals surface area contributed by atoms with E-state index in [0.29, 0.717) is 17.3 Å². The lowest BCUT2D eigenvalue weighted by Crippen LogP contribution is -2.38. The molecule has 7 heteroatoms. The van der Waals surface area contributed by atoms with Crippen molar-refractivity contribution in [3.05, 3.63) is 82.1 Å². The monoisotopic (exact) mass is 461 g/mol. The van der Waals surface area contributed by atoms with Crippen LogP contribution in [0.15, 0.2) is 65.2 Å². The molecule has 2 aromatic rings. The third-order valence-electron chi connectivity index (χ3n) is 4.84. The fraction of sp³-hybridized carbons (Fsp3) is 0.273. The Balaban J connectivity index is 1.63. The number of hydrogen-bond donors (Lipinski definition) is 1. The topological polar surface area (TPSA) is 64.6 Å². The molecule has 0 spiro atoms. The summed E-state index contributed by atoms with van der Waals surface area (Å²) >= 11 is 3.17. The molecule has 0 radical (unpaired) electrons. The first kappa shape index (κ1) is 21.0. The molecule has 1 N–H and O–H groups in total. The number of amides is 1. The van der Waals surface area contributed by atoms with Crippen molar-refractivity contribution in [1.29, 1.82) is 0 Å². The van der Waals surface area contributed by atoms with E-state index in [1.807, 2.05) is 30.3 Å². The van der Waals surface area contributed by atoms with E-state index in [2.05, 4.69) is 21.2 Å². The average Bonchev–Trinajstić information content (AvgIpc) is 3.13. The Labute approximate surface area is 177 Å². The van der Waals surface area contributed by atoms with E-state index in [1.54, 1.807) is 24.3 Å². The van der Waals surface area contributed by atoms with Gasteiger partial charge in [-0.1, -0.05) is 48.6 Å². The van der Waals surface area contributed by atoms with E-state index in [9.17, 15) is 14.0 Å². The van der Waals surface area contributed by atoms with E-state index in [4.69, 9.17) is 9.47 Å². The van der Waals surface area contributed by atoms with Gasteiger partial charge in [-0.25, -0.2) is 9.18 Å². The summed E-state index contributed by atoms with van der Waals surface area (Å²) in [6.45, 7) is 0.162. The van der Waals surface area contributed by atoms with Crippen LogP contribution in [0.3, 0.4) is 0 Å². The zero-order chi connectivity index (χ0) is 20.9. The number of ether oxygens (including phenoxy) is 2. The molecule has 0 bridgehead atoms. The highest BCUT2D eigenvalue weighted by Crippen LogP contribution is 2.38. The Morgan fingerprint density at radius 2 is 1.97 bits per heavy atom. The zero-order valence-corrected chi connectivity index (χ0v) is 17.4. The number of nitrogens with one attached hydrogen (secondary N) is 1. The lowest BCUT2D eigenvalue weighted by Gasteiger charge is -2.26. The van der Waals surface area contributed by atoms with Gasteiger partial charge in [0.25, 0.3) is 0 Å². The summed E-state index contributed by atoms with van der Waals surface area (Å²) in [5.74, 6) is -0.778. The van der Waals surface area contributed by atoms with Gasteiger partial charge >= 0.3 is 12.1 Å². The summed E-state index contributed by atoms with van der Waals surface area (Å²) in [7, 11) is 1.33. The van der Waals surface area contributed by atoms with Crippen LogP contribution < -0.4 is 5.32 Å². The Bertz CT molecular complexity index is 918. The molecule has 0 heterocycles. The van der Waals surface area contributed by atoms with E-state index in [1.165, 1.54) is 13.2 Å². The van der Waals surface area contributed by atoms with E-state index in [0.717, 1.165) is 11.1 Å². The minimum Gasteiger partial charge on any atom is -0.468 e. The number of benzene rings is 2. The Morgan fingerprint density at radius 1 is 1.21 bits per heavy atom. The molecule has 0 saturated heterocycles. The van der Waals surface area contributed by atoms with Crippen molar-refractivity contribution in [2.45, 2.75) is 25.5 Å². The van der Waals surface area contributed by atoms with Crippen molar-refractivity contribution < 1.29 is 23.5 Å². The van der Waals surface area contributed by atoms with Gasteiger partial charge in [0, 0.05) is 0 Å².